The number of methoxy groups -OCH3 is 1. The van der Waals surface area contributed by atoms with Crippen LogP contribution in [0.3, 0.4) is 0 Å². The van der Waals surface area contributed by atoms with E-state index in [1.165, 1.54) is 11.3 Å². The molecule has 23 heavy (non-hydrogen) atoms. The van der Waals surface area contributed by atoms with Gasteiger partial charge in [0.1, 0.15) is 5.69 Å². The van der Waals surface area contributed by atoms with Crippen LogP contribution in [0.25, 0.3) is 22.4 Å². The van der Waals surface area contributed by atoms with E-state index in [0.717, 1.165) is 18.2 Å². The van der Waals surface area contributed by atoms with Gasteiger partial charge in [-0.3, -0.25) is 4.79 Å². The number of nitrogens with zero attached hydrogens (tertiary/aromatic N) is 1. The number of thiazole rings is 1. The normalized spacial score (nSPS) is 10.9. The summed E-state index contributed by atoms with van der Waals surface area (Å²) in [6.45, 7) is 2.06. The van der Waals surface area contributed by atoms with E-state index >= 15 is 0 Å². The summed E-state index contributed by atoms with van der Waals surface area (Å²) in [6, 6.07) is 7.66. The van der Waals surface area contributed by atoms with Crippen molar-refractivity contribution in [3.05, 3.63) is 29.6 Å². The van der Waals surface area contributed by atoms with Crippen LogP contribution in [0.2, 0.25) is 0 Å². The molecule has 0 unspecified atom stereocenters. The molecule has 3 rings (SSSR count). The summed E-state index contributed by atoms with van der Waals surface area (Å²) in [5.41, 5.74) is 1.41. The minimum absolute atomic E-state index is 0.000903. The van der Waals surface area contributed by atoms with Gasteiger partial charge >= 0.3 is 0 Å². The molecular weight excluding hydrogens is 312 g/mol. The fraction of sp³-hybridized carbons (Fsp3) is 0.294. The number of aromatic nitrogens is 1. The molecule has 0 bridgehead atoms. The summed E-state index contributed by atoms with van der Waals surface area (Å²) in [7, 11) is 1.61. The zero-order chi connectivity index (χ0) is 16.2. The Morgan fingerprint density at radius 1 is 1.43 bits per heavy atom. The van der Waals surface area contributed by atoms with Crippen LogP contribution in [0.5, 0.6) is 5.75 Å². The molecule has 1 amide bonds. The van der Waals surface area contributed by atoms with Crippen molar-refractivity contribution < 1.29 is 13.9 Å². The first-order valence-electron chi connectivity index (χ1n) is 7.53. The third-order valence-electron chi connectivity index (χ3n) is 3.49. The van der Waals surface area contributed by atoms with Crippen LogP contribution in [0.15, 0.2) is 34.1 Å². The summed E-state index contributed by atoms with van der Waals surface area (Å²) in [6.07, 6.45) is 2.40. The molecule has 0 fully saturated rings. The van der Waals surface area contributed by atoms with E-state index in [1.807, 2.05) is 29.6 Å². The lowest BCUT2D eigenvalue weighted by atomic mass is 10.2. The van der Waals surface area contributed by atoms with Gasteiger partial charge in [-0.05, 0) is 18.6 Å². The number of unbranched alkanes of at least 4 members (excludes halogenated alkanes) is 1. The zero-order valence-corrected chi connectivity index (χ0v) is 13.9. The van der Waals surface area contributed by atoms with Gasteiger partial charge in [0, 0.05) is 17.2 Å². The number of nitrogens with one attached hydrogen (secondary N) is 1. The smallest absolute Gasteiger partial charge is 0.226 e. The number of furan rings is 1. The molecule has 6 heteroatoms. The lowest BCUT2D eigenvalue weighted by Gasteiger charge is -1.99. The molecule has 0 atom stereocenters. The molecule has 0 aliphatic heterocycles. The number of ether oxygens (including phenoxy) is 1. The fourth-order valence-corrected chi connectivity index (χ4v) is 3.00. The summed E-state index contributed by atoms with van der Waals surface area (Å²) < 4.78 is 11.2. The Morgan fingerprint density at radius 2 is 2.30 bits per heavy atom. The maximum Gasteiger partial charge on any atom is 0.226 e. The number of benzene rings is 1. The van der Waals surface area contributed by atoms with Gasteiger partial charge in [0.15, 0.2) is 22.2 Å². The van der Waals surface area contributed by atoms with Crippen molar-refractivity contribution in [2.24, 2.45) is 0 Å². The van der Waals surface area contributed by atoms with Crippen LogP contribution in [0.1, 0.15) is 26.2 Å². The van der Waals surface area contributed by atoms with E-state index in [-0.39, 0.29) is 5.91 Å². The van der Waals surface area contributed by atoms with Crippen LogP contribution in [-0.2, 0) is 4.79 Å². The average Bonchev–Trinajstić information content (AvgIpc) is 3.18. The van der Waals surface area contributed by atoms with Crippen molar-refractivity contribution in [1.82, 2.24) is 4.98 Å². The number of fused-ring (bicyclic) bond motifs is 1. The molecule has 0 aliphatic carbocycles. The van der Waals surface area contributed by atoms with E-state index in [2.05, 4.69) is 17.2 Å². The molecule has 0 saturated carbocycles. The molecule has 3 aromatic rings. The minimum Gasteiger partial charge on any atom is -0.493 e. The van der Waals surface area contributed by atoms with E-state index in [1.54, 1.807) is 7.11 Å². The predicted octanol–water partition coefficient (Wildman–Crippen LogP) is 4.69. The maximum absolute atomic E-state index is 11.8. The third kappa shape index (κ3) is 3.37. The second-order valence-corrected chi connectivity index (χ2v) is 6.04. The highest BCUT2D eigenvalue weighted by Gasteiger charge is 2.13. The molecule has 0 spiro atoms. The molecule has 0 radical (unpaired) electrons. The molecule has 2 aromatic heterocycles. The summed E-state index contributed by atoms with van der Waals surface area (Å²) in [5, 5.41) is 6.25. The van der Waals surface area contributed by atoms with Gasteiger partial charge in [0.05, 0.1) is 7.11 Å². The standard InChI is InChI=1S/C17H18N2O3S/c1-3-4-8-15(20)19-17-18-12(10-23-17)14-9-11-6-5-7-13(21-2)16(11)22-14/h5-7,9-10H,3-4,8H2,1-2H3,(H,18,19,20). The Balaban J connectivity index is 1.81. The van der Waals surface area contributed by atoms with E-state index in [0.29, 0.717) is 34.3 Å². The second kappa shape index (κ2) is 6.83. The first-order valence-corrected chi connectivity index (χ1v) is 8.41. The number of hydrogen-bond acceptors (Lipinski definition) is 5. The number of hydrogen-bond donors (Lipinski definition) is 1. The average molecular weight is 330 g/mol. The minimum atomic E-state index is -0.000903. The van der Waals surface area contributed by atoms with Crippen LogP contribution < -0.4 is 10.1 Å². The molecule has 120 valence electrons. The Kier molecular flexibility index (Phi) is 4.62. The highest BCUT2D eigenvalue weighted by Crippen LogP contribution is 2.34. The summed E-state index contributed by atoms with van der Waals surface area (Å²) in [4.78, 5) is 16.2. The summed E-state index contributed by atoms with van der Waals surface area (Å²) in [5.74, 6) is 1.35. The number of anilines is 1. The van der Waals surface area contributed by atoms with Crippen molar-refractivity contribution in [3.8, 4) is 17.2 Å². The topological polar surface area (TPSA) is 64.4 Å². The van der Waals surface area contributed by atoms with E-state index < -0.39 is 0 Å². The molecule has 5 nitrogen and oxygen atoms in total. The lowest BCUT2D eigenvalue weighted by Crippen LogP contribution is -2.10. The fourth-order valence-electron chi connectivity index (χ4n) is 2.29. The van der Waals surface area contributed by atoms with Crippen molar-refractivity contribution >= 4 is 33.3 Å². The maximum atomic E-state index is 11.8. The third-order valence-corrected chi connectivity index (χ3v) is 4.25. The number of rotatable bonds is 6. The largest absolute Gasteiger partial charge is 0.493 e. The second-order valence-electron chi connectivity index (χ2n) is 5.18. The quantitative estimate of drug-likeness (QED) is 0.712. The van der Waals surface area contributed by atoms with E-state index in [4.69, 9.17) is 9.15 Å². The zero-order valence-electron chi connectivity index (χ0n) is 13.1. The first-order chi connectivity index (χ1) is 11.2. The Labute approximate surface area is 138 Å². The van der Waals surface area contributed by atoms with Gasteiger partial charge in [0.2, 0.25) is 5.91 Å². The number of carbonyl (C=O) groups is 1. The molecular formula is C17H18N2O3S. The Morgan fingerprint density at radius 3 is 3.09 bits per heavy atom. The number of amides is 1. The number of para-hydroxylation sites is 1. The lowest BCUT2D eigenvalue weighted by molar-refractivity contribution is -0.116. The SMILES string of the molecule is CCCCC(=O)Nc1nc(-c2cc3cccc(OC)c3o2)cs1. The van der Waals surface area contributed by atoms with Gasteiger partial charge in [-0.2, -0.15) is 0 Å². The molecule has 1 aromatic carbocycles. The number of carbonyl (C=O) groups excluding carboxylic acids is 1. The Bertz CT molecular complexity index is 822. The predicted molar refractivity (Wildman–Crippen MR) is 92.0 cm³/mol. The van der Waals surface area contributed by atoms with Gasteiger partial charge < -0.3 is 14.5 Å². The van der Waals surface area contributed by atoms with Crippen LogP contribution in [0.4, 0.5) is 5.13 Å². The van der Waals surface area contributed by atoms with Crippen LogP contribution >= 0.6 is 11.3 Å². The van der Waals surface area contributed by atoms with Crippen LogP contribution in [-0.4, -0.2) is 18.0 Å². The van der Waals surface area contributed by atoms with Crippen molar-refractivity contribution in [1.29, 1.82) is 0 Å². The Hall–Kier alpha value is -2.34. The van der Waals surface area contributed by atoms with Crippen LogP contribution in [0, 0.1) is 0 Å². The van der Waals surface area contributed by atoms with E-state index in [9.17, 15) is 4.79 Å². The van der Waals surface area contributed by atoms with Gasteiger partial charge in [-0.25, -0.2) is 4.98 Å². The molecule has 2 heterocycles. The molecule has 0 saturated heterocycles. The van der Waals surface area contributed by atoms with Gasteiger partial charge in [0.25, 0.3) is 0 Å². The molecule has 1 N–H and O–H groups in total. The first kappa shape index (κ1) is 15.6. The summed E-state index contributed by atoms with van der Waals surface area (Å²) >= 11 is 1.39. The monoisotopic (exact) mass is 330 g/mol. The highest BCUT2D eigenvalue weighted by molar-refractivity contribution is 7.14. The molecule has 0 aliphatic rings. The van der Waals surface area contributed by atoms with Crippen molar-refractivity contribution in [2.75, 3.05) is 12.4 Å². The van der Waals surface area contributed by atoms with Crippen molar-refractivity contribution in [3.63, 3.8) is 0 Å². The van der Waals surface area contributed by atoms with Gasteiger partial charge in [-0.15, -0.1) is 11.3 Å². The van der Waals surface area contributed by atoms with Crippen molar-refractivity contribution in [2.45, 2.75) is 26.2 Å². The highest BCUT2D eigenvalue weighted by atomic mass is 32.1. The van der Waals surface area contributed by atoms with Gasteiger partial charge in [-0.1, -0.05) is 25.5 Å².